The van der Waals surface area contributed by atoms with Gasteiger partial charge < -0.3 is 14.2 Å². The highest BCUT2D eigenvalue weighted by Gasteiger charge is 2.31. The Morgan fingerprint density at radius 1 is 1.21 bits per heavy atom. The largest absolute Gasteiger partial charge is 0.494 e. The van der Waals surface area contributed by atoms with E-state index in [4.69, 9.17) is 14.2 Å². The van der Waals surface area contributed by atoms with Crippen molar-refractivity contribution in [2.75, 3.05) is 32.2 Å². The standard InChI is InChI=1S/C21H25FN6O5S/c1-13(9-18-23-10-15(22)11-24-18)34(29,30)27-21-26-25-20(14-7-8-33-12-14)28(21)19-16(31-2)5-4-6-17(19)32-3/h4-6,10-11,13-14H,7-9,12H2,1-3H3,(H,26,27)/t13-,14+/m0/s1. The number of anilines is 1. The van der Waals surface area contributed by atoms with Gasteiger partial charge in [-0.2, -0.15) is 0 Å². The minimum absolute atomic E-state index is 0.0171. The number of nitrogens with zero attached hydrogens (tertiary/aromatic N) is 5. The number of ether oxygens (including phenoxy) is 3. The first-order valence-electron chi connectivity index (χ1n) is 10.6. The molecule has 1 saturated heterocycles. The number of para-hydroxylation sites is 1. The Kier molecular flexibility index (Phi) is 6.93. The van der Waals surface area contributed by atoms with Crippen molar-refractivity contribution >= 4 is 16.0 Å². The molecule has 2 aromatic heterocycles. The second kappa shape index (κ2) is 9.89. The Morgan fingerprint density at radius 2 is 1.88 bits per heavy atom. The van der Waals surface area contributed by atoms with Crippen LogP contribution in [-0.4, -0.2) is 65.8 Å². The monoisotopic (exact) mass is 492 g/mol. The van der Waals surface area contributed by atoms with Crippen molar-refractivity contribution in [1.29, 1.82) is 0 Å². The molecule has 3 heterocycles. The van der Waals surface area contributed by atoms with Gasteiger partial charge in [0.05, 0.1) is 38.5 Å². The smallest absolute Gasteiger partial charge is 0.243 e. The zero-order valence-electron chi connectivity index (χ0n) is 18.9. The van der Waals surface area contributed by atoms with E-state index in [-0.39, 0.29) is 24.1 Å². The fraction of sp³-hybridized carbons (Fsp3) is 0.429. The van der Waals surface area contributed by atoms with Crippen LogP contribution in [0.25, 0.3) is 5.69 Å². The van der Waals surface area contributed by atoms with Crippen LogP contribution in [-0.2, 0) is 21.2 Å². The maximum absolute atomic E-state index is 13.2. The van der Waals surface area contributed by atoms with Crippen molar-refractivity contribution < 1.29 is 27.0 Å². The first-order valence-corrected chi connectivity index (χ1v) is 12.1. The predicted molar refractivity (Wildman–Crippen MR) is 120 cm³/mol. The molecule has 1 N–H and O–H groups in total. The molecule has 13 heteroatoms. The van der Waals surface area contributed by atoms with E-state index >= 15 is 0 Å². The van der Waals surface area contributed by atoms with Crippen LogP contribution < -0.4 is 14.2 Å². The summed E-state index contributed by atoms with van der Waals surface area (Å²) in [6.45, 7) is 2.50. The molecule has 0 radical (unpaired) electrons. The normalized spacial score (nSPS) is 16.9. The zero-order chi connectivity index (χ0) is 24.3. The number of nitrogens with one attached hydrogen (secondary N) is 1. The number of aromatic nitrogens is 5. The van der Waals surface area contributed by atoms with Crippen molar-refractivity contribution in [3.05, 3.63) is 48.1 Å². The summed E-state index contributed by atoms with van der Waals surface area (Å²) in [5, 5.41) is 7.50. The number of rotatable bonds is 9. The average molecular weight is 493 g/mol. The van der Waals surface area contributed by atoms with E-state index in [9.17, 15) is 12.8 Å². The zero-order valence-corrected chi connectivity index (χ0v) is 19.7. The van der Waals surface area contributed by atoms with Gasteiger partial charge in [0, 0.05) is 18.9 Å². The molecule has 0 amide bonds. The van der Waals surface area contributed by atoms with E-state index in [0.717, 1.165) is 12.4 Å². The van der Waals surface area contributed by atoms with Crippen LogP contribution in [0.1, 0.15) is 30.9 Å². The summed E-state index contributed by atoms with van der Waals surface area (Å²) in [4.78, 5) is 7.69. The quantitative estimate of drug-likeness (QED) is 0.477. The Balaban J connectivity index is 1.73. The van der Waals surface area contributed by atoms with Gasteiger partial charge >= 0.3 is 0 Å². The highest BCUT2D eigenvalue weighted by molar-refractivity contribution is 7.93. The summed E-state index contributed by atoms with van der Waals surface area (Å²) < 4.78 is 60.2. The lowest BCUT2D eigenvalue weighted by molar-refractivity contribution is 0.193. The first kappa shape index (κ1) is 23.8. The van der Waals surface area contributed by atoms with Gasteiger partial charge in [0.1, 0.15) is 28.8 Å². The van der Waals surface area contributed by atoms with Gasteiger partial charge in [-0.25, -0.2) is 22.8 Å². The maximum Gasteiger partial charge on any atom is 0.243 e. The number of methoxy groups -OCH3 is 2. The maximum atomic E-state index is 13.2. The lowest BCUT2D eigenvalue weighted by atomic mass is 10.1. The molecule has 0 bridgehead atoms. The van der Waals surface area contributed by atoms with E-state index in [1.807, 2.05) is 0 Å². The van der Waals surface area contributed by atoms with Crippen LogP contribution in [0, 0.1) is 5.82 Å². The molecule has 3 aromatic rings. The van der Waals surface area contributed by atoms with Gasteiger partial charge in [0.15, 0.2) is 5.82 Å². The molecule has 11 nitrogen and oxygen atoms in total. The summed E-state index contributed by atoms with van der Waals surface area (Å²) in [6, 6.07) is 5.23. The lowest BCUT2D eigenvalue weighted by Gasteiger charge is -2.20. The number of benzene rings is 1. The van der Waals surface area contributed by atoms with Crippen molar-refractivity contribution in [2.45, 2.75) is 30.9 Å². The van der Waals surface area contributed by atoms with Gasteiger partial charge in [0.25, 0.3) is 0 Å². The van der Waals surface area contributed by atoms with Gasteiger partial charge in [-0.3, -0.25) is 9.29 Å². The minimum atomic E-state index is -3.96. The molecule has 0 saturated carbocycles. The molecule has 0 spiro atoms. The van der Waals surface area contributed by atoms with E-state index in [1.54, 1.807) is 22.8 Å². The number of hydrogen-bond donors (Lipinski definition) is 1. The summed E-state index contributed by atoms with van der Waals surface area (Å²) in [6.07, 6.45) is 2.68. The predicted octanol–water partition coefficient (Wildman–Crippen LogP) is 2.09. The molecular weight excluding hydrogens is 467 g/mol. The molecule has 4 rings (SSSR count). The van der Waals surface area contributed by atoms with E-state index < -0.39 is 21.1 Å². The average Bonchev–Trinajstić information content (AvgIpc) is 3.49. The molecule has 1 aliphatic rings. The van der Waals surface area contributed by atoms with Gasteiger partial charge in [0.2, 0.25) is 16.0 Å². The third kappa shape index (κ3) is 4.80. The number of hydrogen-bond acceptors (Lipinski definition) is 9. The first-order chi connectivity index (χ1) is 16.3. The second-order valence-corrected chi connectivity index (χ2v) is 9.87. The van der Waals surface area contributed by atoms with Crippen LogP contribution in [0.3, 0.4) is 0 Å². The summed E-state index contributed by atoms with van der Waals surface area (Å²) in [7, 11) is -0.942. The van der Waals surface area contributed by atoms with E-state index in [2.05, 4.69) is 24.9 Å². The lowest BCUT2D eigenvalue weighted by Crippen LogP contribution is -2.29. The molecule has 0 unspecified atom stereocenters. The Bertz CT molecular complexity index is 1220. The van der Waals surface area contributed by atoms with Crippen LogP contribution in [0.4, 0.5) is 10.3 Å². The SMILES string of the molecule is COc1cccc(OC)c1-n1c(NS(=O)(=O)[C@@H](C)Cc2ncc(F)cn2)nnc1[C@@H]1CCOC1. The topological polar surface area (TPSA) is 130 Å². The van der Waals surface area contributed by atoms with Crippen molar-refractivity contribution in [1.82, 2.24) is 24.7 Å². The highest BCUT2D eigenvalue weighted by atomic mass is 32.2. The summed E-state index contributed by atoms with van der Waals surface area (Å²) in [5.41, 5.74) is 0.464. The summed E-state index contributed by atoms with van der Waals surface area (Å²) >= 11 is 0. The Morgan fingerprint density at radius 3 is 2.47 bits per heavy atom. The highest BCUT2D eigenvalue weighted by Crippen LogP contribution is 2.38. The van der Waals surface area contributed by atoms with Crippen LogP contribution in [0.15, 0.2) is 30.6 Å². The van der Waals surface area contributed by atoms with Gasteiger partial charge in [-0.05, 0) is 25.5 Å². The fourth-order valence-corrected chi connectivity index (χ4v) is 4.63. The van der Waals surface area contributed by atoms with Crippen molar-refractivity contribution in [3.8, 4) is 17.2 Å². The fourth-order valence-electron chi connectivity index (χ4n) is 3.68. The van der Waals surface area contributed by atoms with Crippen molar-refractivity contribution in [3.63, 3.8) is 0 Å². The molecule has 182 valence electrons. The molecule has 1 fully saturated rings. The van der Waals surface area contributed by atoms with Crippen molar-refractivity contribution in [2.24, 2.45) is 0 Å². The molecular formula is C21H25FN6O5S. The van der Waals surface area contributed by atoms with Crippen LogP contribution >= 0.6 is 0 Å². The van der Waals surface area contributed by atoms with Crippen LogP contribution in [0.2, 0.25) is 0 Å². The molecule has 2 atom stereocenters. The number of halogens is 1. The second-order valence-electron chi connectivity index (χ2n) is 7.77. The Labute approximate surface area is 196 Å². The molecule has 1 aliphatic heterocycles. The minimum Gasteiger partial charge on any atom is -0.494 e. The van der Waals surface area contributed by atoms with E-state index in [1.165, 1.54) is 21.1 Å². The Hall–Kier alpha value is -3.32. The van der Waals surface area contributed by atoms with Gasteiger partial charge in [-0.15, -0.1) is 10.2 Å². The van der Waals surface area contributed by atoms with Crippen LogP contribution in [0.5, 0.6) is 11.5 Å². The number of sulfonamides is 1. The molecule has 34 heavy (non-hydrogen) atoms. The molecule has 1 aromatic carbocycles. The van der Waals surface area contributed by atoms with E-state index in [0.29, 0.717) is 42.6 Å². The summed E-state index contributed by atoms with van der Waals surface area (Å²) in [5.74, 6) is 0.921. The third-order valence-electron chi connectivity index (χ3n) is 5.52. The third-order valence-corrected chi connectivity index (χ3v) is 7.21. The van der Waals surface area contributed by atoms with Gasteiger partial charge in [-0.1, -0.05) is 6.07 Å². The molecule has 0 aliphatic carbocycles.